The molecule has 2 aromatic rings. The van der Waals surface area contributed by atoms with Crippen molar-refractivity contribution in [2.45, 2.75) is 59.4 Å². The zero-order chi connectivity index (χ0) is 23.7. The highest BCUT2D eigenvalue weighted by Crippen LogP contribution is 2.19. The SMILES string of the molecule is CCCCCN(C(=O)COC(=O)c1ccccc1C)c1c(N)n(CCCC)c(=O)[nH]c1=O. The van der Waals surface area contributed by atoms with Gasteiger partial charge in [0.15, 0.2) is 12.3 Å². The second-order valence-corrected chi connectivity index (χ2v) is 7.64. The van der Waals surface area contributed by atoms with E-state index in [2.05, 4.69) is 4.98 Å². The minimum absolute atomic E-state index is 0.0673. The number of ether oxygens (including phenoxy) is 1. The summed E-state index contributed by atoms with van der Waals surface area (Å²) in [7, 11) is 0. The van der Waals surface area contributed by atoms with Gasteiger partial charge in [0.2, 0.25) is 0 Å². The van der Waals surface area contributed by atoms with Gasteiger partial charge < -0.3 is 15.4 Å². The first-order chi connectivity index (χ1) is 15.3. The van der Waals surface area contributed by atoms with E-state index in [0.29, 0.717) is 24.9 Å². The number of aryl methyl sites for hydroxylation is 1. The number of aromatic nitrogens is 2. The molecular weight excluding hydrogens is 412 g/mol. The van der Waals surface area contributed by atoms with Gasteiger partial charge in [0.1, 0.15) is 5.82 Å². The Labute approximate surface area is 187 Å². The highest BCUT2D eigenvalue weighted by atomic mass is 16.5. The van der Waals surface area contributed by atoms with Gasteiger partial charge in [0.25, 0.3) is 11.5 Å². The maximum atomic E-state index is 13.0. The van der Waals surface area contributed by atoms with E-state index < -0.39 is 29.7 Å². The van der Waals surface area contributed by atoms with Crippen LogP contribution in [0.3, 0.4) is 0 Å². The number of rotatable bonds is 11. The maximum Gasteiger partial charge on any atom is 0.338 e. The zero-order valence-corrected chi connectivity index (χ0v) is 19.0. The van der Waals surface area contributed by atoms with Gasteiger partial charge >= 0.3 is 11.7 Å². The number of carbonyl (C=O) groups is 2. The van der Waals surface area contributed by atoms with Gasteiger partial charge in [-0.25, -0.2) is 9.59 Å². The van der Waals surface area contributed by atoms with Crippen molar-refractivity contribution in [2.75, 3.05) is 23.8 Å². The lowest BCUT2D eigenvalue weighted by Gasteiger charge is -2.24. The number of nitrogens with two attached hydrogens (primary N) is 1. The molecule has 0 bridgehead atoms. The summed E-state index contributed by atoms with van der Waals surface area (Å²) in [6.45, 7) is 5.75. The fourth-order valence-electron chi connectivity index (χ4n) is 3.34. The van der Waals surface area contributed by atoms with Crippen LogP contribution in [0.15, 0.2) is 33.9 Å². The Bertz CT molecular complexity index is 1060. The van der Waals surface area contributed by atoms with Crippen LogP contribution in [0.4, 0.5) is 11.5 Å². The van der Waals surface area contributed by atoms with E-state index in [-0.39, 0.29) is 18.1 Å². The monoisotopic (exact) mass is 444 g/mol. The summed E-state index contributed by atoms with van der Waals surface area (Å²) in [5.74, 6) is -1.28. The van der Waals surface area contributed by atoms with Crippen LogP contribution >= 0.6 is 0 Å². The third-order valence-corrected chi connectivity index (χ3v) is 5.20. The predicted octanol–water partition coefficient (Wildman–Crippen LogP) is 2.61. The van der Waals surface area contributed by atoms with Crippen LogP contribution in [0, 0.1) is 6.92 Å². The van der Waals surface area contributed by atoms with Crippen molar-refractivity contribution >= 4 is 23.4 Å². The number of hydrogen-bond acceptors (Lipinski definition) is 6. The summed E-state index contributed by atoms with van der Waals surface area (Å²) in [6.07, 6.45) is 3.88. The molecule has 0 aliphatic heterocycles. The second kappa shape index (κ2) is 11.9. The Hall–Kier alpha value is -3.36. The Morgan fingerprint density at radius 2 is 1.78 bits per heavy atom. The van der Waals surface area contributed by atoms with Crippen LogP contribution in [0.2, 0.25) is 0 Å². The van der Waals surface area contributed by atoms with Crippen molar-refractivity contribution in [3.63, 3.8) is 0 Å². The van der Waals surface area contributed by atoms with Crippen molar-refractivity contribution in [1.82, 2.24) is 9.55 Å². The molecule has 1 aromatic carbocycles. The van der Waals surface area contributed by atoms with Crippen molar-refractivity contribution in [3.8, 4) is 0 Å². The van der Waals surface area contributed by atoms with Crippen LogP contribution in [0.1, 0.15) is 61.9 Å². The van der Waals surface area contributed by atoms with Crippen molar-refractivity contribution in [3.05, 3.63) is 56.2 Å². The van der Waals surface area contributed by atoms with E-state index in [4.69, 9.17) is 10.5 Å². The summed E-state index contributed by atoms with van der Waals surface area (Å²) in [6, 6.07) is 6.90. The molecule has 2 rings (SSSR count). The van der Waals surface area contributed by atoms with E-state index in [1.54, 1.807) is 31.2 Å². The molecule has 1 amide bonds. The third kappa shape index (κ3) is 6.09. The number of H-pyrrole nitrogens is 1. The number of anilines is 2. The number of amides is 1. The molecule has 0 radical (unpaired) electrons. The van der Waals surface area contributed by atoms with E-state index >= 15 is 0 Å². The summed E-state index contributed by atoms with van der Waals surface area (Å²) in [5.41, 5.74) is 5.83. The minimum Gasteiger partial charge on any atom is -0.452 e. The maximum absolute atomic E-state index is 13.0. The fourth-order valence-corrected chi connectivity index (χ4v) is 3.34. The number of unbranched alkanes of at least 4 members (excludes halogenated alkanes) is 3. The third-order valence-electron chi connectivity index (χ3n) is 5.20. The average molecular weight is 445 g/mol. The topological polar surface area (TPSA) is 127 Å². The number of aromatic amines is 1. The van der Waals surface area contributed by atoms with Gasteiger partial charge in [0, 0.05) is 13.1 Å². The lowest BCUT2D eigenvalue weighted by molar-refractivity contribution is -0.121. The van der Waals surface area contributed by atoms with E-state index in [1.165, 1.54) is 9.47 Å². The molecule has 0 aliphatic carbocycles. The van der Waals surface area contributed by atoms with Gasteiger partial charge in [-0.1, -0.05) is 51.3 Å². The highest BCUT2D eigenvalue weighted by molar-refractivity contribution is 5.98. The number of nitrogens with zero attached hydrogens (tertiary/aromatic N) is 2. The molecule has 0 saturated carbocycles. The summed E-state index contributed by atoms with van der Waals surface area (Å²) < 4.78 is 6.49. The largest absolute Gasteiger partial charge is 0.452 e. The van der Waals surface area contributed by atoms with Crippen molar-refractivity contribution in [2.24, 2.45) is 0 Å². The predicted molar refractivity (Wildman–Crippen MR) is 124 cm³/mol. The molecule has 9 heteroatoms. The van der Waals surface area contributed by atoms with E-state index in [9.17, 15) is 19.2 Å². The zero-order valence-electron chi connectivity index (χ0n) is 19.0. The summed E-state index contributed by atoms with van der Waals surface area (Å²) in [4.78, 5) is 53.8. The molecule has 3 N–H and O–H groups in total. The first kappa shape index (κ1) is 24.9. The first-order valence-electron chi connectivity index (χ1n) is 11.0. The molecule has 0 saturated heterocycles. The molecule has 9 nitrogen and oxygen atoms in total. The molecule has 32 heavy (non-hydrogen) atoms. The van der Waals surface area contributed by atoms with Crippen LogP contribution in [-0.4, -0.2) is 34.6 Å². The number of hydrogen-bond donors (Lipinski definition) is 2. The number of nitrogens with one attached hydrogen (secondary N) is 1. The van der Waals surface area contributed by atoms with E-state index in [1.807, 2.05) is 13.8 Å². The Morgan fingerprint density at radius 1 is 1.09 bits per heavy atom. The summed E-state index contributed by atoms with van der Waals surface area (Å²) in [5, 5.41) is 0. The molecule has 1 heterocycles. The van der Waals surface area contributed by atoms with Crippen molar-refractivity contribution < 1.29 is 14.3 Å². The lowest BCUT2D eigenvalue weighted by Crippen LogP contribution is -2.43. The molecule has 1 aromatic heterocycles. The van der Waals surface area contributed by atoms with Gasteiger partial charge in [-0.15, -0.1) is 0 Å². The molecule has 0 fully saturated rings. The van der Waals surface area contributed by atoms with Gasteiger partial charge in [0.05, 0.1) is 5.56 Å². The average Bonchev–Trinajstić information content (AvgIpc) is 2.76. The second-order valence-electron chi connectivity index (χ2n) is 7.64. The van der Waals surface area contributed by atoms with Gasteiger partial charge in [-0.3, -0.25) is 19.1 Å². The number of nitrogen functional groups attached to an aromatic ring is 1. The Balaban J connectivity index is 2.32. The smallest absolute Gasteiger partial charge is 0.338 e. The summed E-state index contributed by atoms with van der Waals surface area (Å²) >= 11 is 0. The quantitative estimate of drug-likeness (QED) is 0.405. The molecule has 0 spiro atoms. The molecule has 174 valence electrons. The number of benzene rings is 1. The number of carbonyl (C=O) groups excluding carboxylic acids is 2. The van der Waals surface area contributed by atoms with Crippen LogP contribution in [-0.2, 0) is 16.1 Å². The molecular formula is C23H32N4O5. The Morgan fingerprint density at radius 3 is 2.44 bits per heavy atom. The highest BCUT2D eigenvalue weighted by Gasteiger charge is 2.25. The van der Waals surface area contributed by atoms with Gasteiger partial charge in [-0.05, 0) is 31.4 Å². The van der Waals surface area contributed by atoms with Crippen LogP contribution in [0.5, 0.6) is 0 Å². The Kier molecular flexibility index (Phi) is 9.24. The van der Waals surface area contributed by atoms with Gasteiger partial charge in [-0.2, -0.15) is 0 Å². The first-order valence-corrected chi connectivity index (χ1v) is 11.0. The molecule has 0 atom stereocenters. The number of esters is 1. The van der Waals surface area contributed by atoms with Crippen LogP contribution < -0.4 is 21.9 Å². The van der Waals surface area contributed by atoms with Crippen LogP contribution in [0.25, 0.3) is 0 Å². The van der Waals surface area contributed by atoms with Crippen molar-refractivity contribution in [1.29, 1.82) is 0 Å². The normalized spacial score (nSPS) is 10.7. The standard InChI is InChI=1S/C23H32N4O5/c1-4-6-10-14-26(18(28)15-32-22(30)17-12-9-8-11-16(17)3)19-20(24)27(13-7-5-2)23(31)25-21(19)29/h8-9,11-12H,4-7,10,13-15,24H2,1-3H3,(H,25,29,31). The molecule has 0 aliphatic rings. The lowest BCUT2D eigenvalue weighted by atomic mass is 10.1. The minimum atomic E-state index is -0.740. The van der Waals surface area contributed by atoms with E-state index in [0.717, 1.165) is 24.8 Å². The fraction of sp³-hybridized carbons (Fsp3) is 0.478. The molecule has 0 unspecified atom stereocenters.